The highest BCUT2D eigenvalue weighted by atomic mass is 35.5. The van der Waals surface area contributed by atoms with E-state index in [4.69, 9.17) is 28.3 Å². The molecular formula is C21H24Cl2N6O4. The maximum Gasteiger partial charge on any atom is 0.278 e. The molecule has 4 N–H and O–H groups in total. The van der Waals surface area contributed by atoms with E-state index in [9.17, 15) is 14.7 Å². The summed E-state index contributed by atoms with van der Waals surface area (Å²) in [6.45, 7) is 1.01. The Labute approximate surface area is 199 Å². The fourth-order valence-corrected chi connectivity index (χ4v) is 4.27. The van der Waals surface area contributed by atoms with Crippen molar-refractivity contribution < 1.29 is 15.0 Å². The van der Waals surface area contributed by atoms with Crippen LogP contribution in [0.25, 0.3) is 11.0 Å². The predicted octanol–water partition coefficient (Wildman–Crippen LogP) is 1.95. The highest BCUT2D eigenvalue weighted by Gasteiger charge is 2.29. The summed E-state index contributed by atoms with van der Waals surface area (Å²) >= 11 is 12.0. The Balaban J connectivity index is 1.44. The summed E-state index contributed by atoms with van der Waals surface area (Å²) in [6, 6.07) is 5.21. The Morgan fingerprint density at radius 2 is 2.03 bits per heavy atom. The molecular weight excluding hydrogens is 471 g/mol. The van der Waals surface area contributed by atoms with Crippen molar-refractivity contribution in [2.45, 2.75) is 38.0 Å². The van der Waals surface area contributed by atoms with Gasteiger partial charge in [-0.1, -0.05) is 29.3 Å². The van der Waals surface area contributed by atoms with E-state index in [0.29, 0.717) is 59.5 Å². The summed E-state index contributed by atoms with van der Waals surface area (Å²) in [7, 11) is 0. The third-order valence-corrected chi connectivity index (χ3v) is 6.45. The summed E-state index contributed by atoms with van der Waals surface area (Å²) in [4.78, 5) is 33.8. The maximum absolute atomic E-state index is 12.8. The van der Waals surface area contributed by atoms with E-state index in [1.807, 2.05) is 6.07 Å². The van der Waals surface area contributed by atoms with Crippen molar-refractivity contribution in [2.75, 3.05) is 25.0 Å². The SMILES string of the molecule is O=C([C@@H](O)CCO)N1CCC(n2ncc3nc(NCc4ccc(Cl)c(Cl)c4)[nH]c(=O)c32)CC1. The molecule has 4 rings (SSSR count). The number of piperidine rings is 1. The van der Waals surface area contributed by atoms with Gasteiger partial charge in [-0.3, -0.25) is 19.3 Å². The number of benzene rings is 1. The number of aliphatic hydroxyl groups excluding tert-OH is 2. The summed E-state index contributed by atoms with van der Waals surface area (Å²) in [5, 5.41) is 27.1. The van der Waals surface area contributed by atoms with Crippen molar-refractivity contribution in [2.24, 2.45) is 0 Å². The van der Waals surface area contributed by atoms with Gasteiger partial charge in [0.15, 0.2) is 5.52 Å². The summed E-state index contributed by atoms with van der Waals surface area (Å²) in [5.41, 5.74) is 1.41. The van der Waals surface area contributed by atoms with Crippen LogP contribution in [-0.4, -0.2) is 66.6 Å². The van der Waals surface area contributed by atoms with Crippen LogP contribution in [0, 0.1) is 0 Å². The summed E-state index contributed by atoms with van der Waals surface area (Å²) in [6.07, 6.45) is 1.55. The molecule has 3 heterocycles. The average molecular weight is 495 g/mol. The lowest BCUT2D eigenvalue weighted by atomic mass is 10.0. The number of halogens is 2. The number of nitrogens with one attached hydrogen (secondary N) is 2. The second kappa shape index (κ2) is 10.1. The number of fused-ring (bicyclic) bond motifs is 1. The van der Waals surface area contributed by atoms with Gasteiger partial charge < -0.3 is 20.4 Å². The number of carbonyl (C=O) groups excluding carboxylic acids is 1. The minimum absolute atomic E-state index is 0.0189. The lowest BCUT2D eigenvalue weighted by Crippen LogP contribution is -2.44. The molecule has 0 radical (unpaired) electrons. The number of aromatic amines is 1. The molecule has 2 aromatic heterocycles. The van der Waals surface area contributed by atoms with Crippen molar-refractivity contribution in [3.8, 4) is 0 Å². The zero-order valence-corrected chi connectivity index (χ0v) is 19.2. The molecule has 1 amide bonds. The molecule has 1 aliphatic rings. The monoisotopic (exact) mass is 494 g/mol. The molecule has 0 unspecified atom stereocenters. The summed E-state index contributed by atoms with van der Waals surface area (Å²) in [5.74, 6) is -0.0681. The van der Waals surface area contributed by atoms with Crippen LogP contribution in [0.1, 0.15) is 30.9 Å². The van der Waals surface area contributed by atoms with Crippen molar-refractivity contribution in [3.05, 3.63) is 50.4 Å². The number of amides is 1. The third kappa shape index (κ3) is 5.14. The van der Waals surface area contributed by atoms with Gasteiger partial charge in [0.2, 0.25) is 5.95 Å². The Kier molecular flexibility index (Phi) is 7.18. The van der Waals surface area contributed by atoms with E-state index in [2.05, 4.69) is 20.4 Å². The highest BCUT2D eigenvalue weighted by Crippen LogP contribution is 2.26. The number of carbonyl (C=O) groups is 1. The Hall–Kier alpha value is -2.66. The third-order valence-electron chi connectivity index (χ3n) is 5.71. The quantitative estimate of drug-likeness (QED) is 0.393. The summed E-state index contributed by atoms with van der Waals surface area (Å²) < 4.78 is 1.66. The maximum atomic E-state index is 12.8. The Bertz CT molecular complexity index is 1210. The zero-order chi connectivity index (χ0) is 23.5. The van der Waals surface area contributed by atoms with Gasteiger partial charge in [0.1, 0.15) is 11.6 Å². The molecule has 0 bridgehead atoms. The molecule has 1 saturated heterocycles. The molecule has 0 spiro atoms. The van der Waals surface area contributed by atoms with E-state index >= 15 is 0 Å². The van der Waals surface area contributed by atoms with Gasteiger partial charge in [0.25, 0.3) is 11.5 Å². The second-order valence-corrected chi connectivity index (χ2v) is 8.74. The van der Waals surface area contributed by atoms with E-state index in [0.717, 1.165) is 5.56 Å². The number of hydrogen-bond acceptors (Lipinski definition) is 7. The van der Waals surface area contributed by atoms with Gasteiger partial charge in [-0.15, -0.1) is 0 Å². The normalized spacial score (nSPS) is 15.7. The molecule has 0 saturated carbocycles. The van der Waals surface area contributed by atoms with Crippen LogP contribution < -0.4 is 10.9 Å². The number of rotatable bonds is 7. The molecule has 33 heavy (non-hydrogen) atoms. The van der Waals surface area contributed by atoms with E-state index in [-0.39, 0.29) is 30.5 Å². The van der Waals surface area contributed by atoms with Crippen LogP contribution in [0.15, 0.2) is 29.2 Å². The van der Waals surface area contributed by atoms with E-state index in [1.54, 1.807) is 27.9 Å². The van der Waals surface area contributed by atoms with E-state index in [1.165, 1.54) is 0 Å². The van der Waals surface area contributed by atoms with Crippen LogP contribution in [-0.2, 0) is 11.3 Å². The molecule has 1 atom stereocenters. The molecule has 1 aliphatic heterocycles. The van der Waals surface area contributed by atoms with Gasteiger partial charge in [-0.2, -0.15) is 5.10 Å². The molecule has 1 aromatic carbocycles. The molecule has 1 fully saturated rings. The fourth-order valence-electron chi connectivity index (χ4n) is 3.95. The Morgan fingerprint density at radius 1 is 1.27 bits per heavy atom. The number of aliphatic hydroxyl groups is 2. The topological polar surface area (TPSA) is 136 Å². The molecule has 12 heteroatoms. The highest BCUT2D eigenvalue weighted by molar-refractivity contribution is 6.42. The zero-order valence-electron chi connectivity index (χ0n) is 17.7. The number of aromatic nitrogens is 4. The van der Waals surface area contributed by atoms with Gasteiger partial charge in [-0.05, 0) is 30.5 Å². The van der Waals surface area contributed by atoms with Gasteiger partial charge in [0.05, 0.1) is 22.3 Å². The second-order valence-electron chi connectivity index (χ2n) is 7.92. The van der Waals surface area contributed by atoms with Gasteiger partial charge >= 0.3 is 0 Å². The first kappa shape index (κ1) is 23.5. The minimum atomic E-state index is -1.20. The van der Waals surface area contributed by atoms with Gasteiger partial charge in [0, 0.05) is 32.7 Å². The smallest absolute Gasteiger partial charge is 0.278 e. The molecule has 3 aromatic rings. The number of H-pyrrole nitrogens is 1. The van der Waals surface area contributed by atoms with E-state index < -0.39 is 6.10 Å². The van der Waals surface area contributed by atoms with Crippen LogP contribution >= 0.6 is 23.2 Å². The first-order valence-corrected chi connectivity index (χ1v) is 11.4. The van der Waals surface area contributed by atoms with Crippen LogP contribution in [0.4, 0.5) is 5.95 Å². The van der Waals surface area contributed by atoms with Crippen LogP contribution in [0.2, 0.25) is 10.0 Å². The minimum Gasteiger partial charge on any atom is -0.396 e. The first-order chi connectivity index (χ1) is 15.9. The lowest BCUT2D eigenvalue weighted by Gasteiger charge is -2.33. The molecule has 176 valence electrons. The lowest BCUT2D eigenvalue weighted by molar-refractivity contribution is -0.142. The van der Waals surface area contributed by atoms with Crippen LogP contribution in [0.5, 0.6) is 0 Å². The van der Waals surface area contributed by atoms with Crippen molar-refractivity contribution in [1.29, 1.82) is 0 Å². The van der Waals surface area contributed by atoms with Crippen LogP contribution in [0.3, 0.4) is 0 Å². The van der Waals surface area contributed by atoms with Crippen molar-refractivity contribution in [1.82, 2.24) is 24.6 Å². The average Bonchev–Trinajstić information content (AvgIpc) is 3.24. The molecule has 10 nitrogen and oxygen atoms in total. The number of likely N-dealkylation sites (tertiary alicyclic amines) is 1. The number of anilines is 1. The Morgan fingerprint density at radius 3 is 2.73 bits per heavy atom. The fraction of sp³-hybridized carbons (Fsp3) is 0.429. The van der Waals surface area contributed by atoms with Gasteiger partial charge in [-0.25, -0.2) is 4.98 Å². The number of hydrogen-bond donors (Lipinski definition) is 4. The number of nitrogens with zero attached hydrogens (tertiary/aromatic N) is 4. The largest absolute Gasteiger partial charge is 0.396 e. The first-order valence-electron chi connectivity index (χ1n) is 10.6. The van der Waals surface area contributed by atoms with Crippen molar-refractivity contribution >= 4 is 46.1 Å². The standard InChI is InChI=1S/C21H24Cl2N6O4/c22-14-2-1-12(9-15(14)23)10-24-21-26-16-11-25-29(18(16)19(32)27-21)13-3-6-28(7-4-13)20(33)17(31)5-8-30/h1-2,9,11,13,17,30-31H,3-8,10H2,(H2,24,26,27,32)/t17-/m0/s1. The van der Waals surface area contributed by atoms with Crippen molar-refractivity contribution in [3.63, 3.8) is 0 Å². The molecule has 0 aliphatic carbocycles. The predicted molar refractivity (Wildman–Crippen MR) is 124 cm³/mol.